The van der Waals surface area contributed by atoms with Gasteiger partial charge in [0.2, 0.25) is 0 Å². The zero-order chi connectivity index (χ0) is 14.4. The Hall–Kier alpha value is -0.770. The van der Waals surface area contributed by atoms with E-state index in [-0.39, 0.29) is 12.0 Å². The number of nitrogens with zero attached hydrogens (tertiary/aromatic N) is 1. The number of likely N-dealkylation sites (N-methyl/N-ethyl adjacent to an activating group) is 1. The van der Waals surface area contributed by atoms with Crippen LogP contribution < -0.4 is 4.74 Å². The lowest BCUT2D eigenvalue weighted by atomic mass is 9.98. The number of rotatable bonds is 7. The normalized spacial score (nSPS) is 13.1. The molecule has 1 atom stereocenters. The third kappa shape index (κ3) is 4.68. The summed E-state index contributed by atoms with van der Waals surface area (Å²) in [5, 5.41) is 8.78. The summed E-state index contributed by atoms with van der Waals surface area (Å²) in [4.78, 5) is 2.01. The fourth-order valence-electron chi connectivity index (χ4n) is 1.99. The van der Waals surface area contributed by atoms with Gasteiger partial charge in [0.15, 0.2) is 0 Å². The molecule has 0 saturated carbocycles. The van der Waals surface area contributed by atoms with Crippen LogP contribution in [-0.2, 0) is 0 Å². The van der Waals surface area contributed by atoms with Gasteiger partial charge in [0, 0.05) is 18.7 Å². The van der Waals surface area contributed by atoms with Crippen molar-refractivity contribution in [3.63, 3.8) is 0 Å². The monoisotopic (exact) mass is 285 g/mol. The van der Waals surface area contributed by atoms with E-state index in [9.17, 15) is 0 Å². The van der Waals surface area contributed by atoms with Gasteiger partial charge in [-0.15, -0.1) is 11.6 Å². The van der Waals surface area contributed by atoms with Gasteiger partial charge in [-0.2, -0.15) is 0 Å². The molecule has 4 heteroatoms. The third-order valence-electron chi connectivity index (χ3n) is 3.21. The van der Waals surface area contributed by atoms with Crippen molar-refractivity contribution >= 4 is 11.6 Å². The van der Waals surface area contributed by atoms with Crippen molar-refractivity contribution in [2.24, 2.45) is 0 Å². The Balaban J connectivity index is 2.92. The quantitative estimate of drug-likeness (QED) is 0.782. The van der Waals surface area contributed by atoms with E-state index in [2.05, 4.69) is 26.0 Å². The number of alkyl halides is 1. The van der Waals surface area contributed by atoms with Crippen LogP contribution in [0.15, 0.2) is 18.2 Å². The lowest BCUT2D eigenvalue weighted by Crippen LogP contribution is -2.26. The molecular formula is C15H24ClNO2. The van der Waals surface area contributed by atoms with Crippen molar-refractivity contribution < 1.29 is 9.84 Å². The van der Waals surface area contributed by atoms with Crippen molar-refractivity contribution in [2.45, 2.75) is 25.1 Å². The van der Waals surface area contributed by atoms with Gasteiger partial charge < -0.3 is 14.7 Å². The Kier molecular flexibility index (Phi) is 6.63. The molecule has 1 N–H and O–H groups in total. The molecule has 0 fully saturated rings. The van der Waals surface area contributed by atoms with E-state index in [4.69, 9.17) is 21.4 Å². The number of halogens is 1. The maximum Gasteiger partial charge on any atom is 0.123 e. The molecule has 108 valence electrons. The fourth-order valence-corrected chi connectivity index (χ4v) is 2.40. The Morgan fingerprint density at radius 2 is 2.05 bits per heavy atom. The Labute approximate surface area is 121 Å². The molecule has 0 aliphatic rings. The molecule has 0 aromatic heterocycles. The van der Waals surface area contributed by atoms with Crippen LogP contribution in [0.2, 0.25) is 0 Å². The highest BCUT2D eigenvalue weighted by Gasteiger charge is 2.17. The minimum absolute atomic E-state index is 0.142. The van der Waals surface area contributed by atoms with Crippen LogP contribution in [0.5, 0.6) is 5.75 Å². The van der Waals surface area contributed by atoms with E-state index in [1.807, 2.05) is 18.0 Å². The van der Waals surface area contributed by atoms with Gasteiger partial charge in [-0.1, -0.05) is 26.0 Å². The molecule has 0 spiro atoms. The van der Waals surface area contributed by atoms with Gasteiger partial charge in [0.05, 0.1) is 19.1 Å². The first kappa shape index (κ1) is 16.3. The lowest BCUT2D eigenvalue weighted by Gasteiger charge is -2.21. The maximum atomic E-state index is 8.93. The highest BCUT2D eigenvalue weighted by molar-refractivity contribution is 6.21. The van der Waals surface area contributed by atoms with Crippen molar-refractivity contribution in [1.29, 1.82) is 0 Å². The van der Waals surface area contributed by atoms with Gasteiger partial charge in [-0.25, -0.2) is 0 Å². The Morgan fingerprint density at radius 1 is 1.37 bits per heavy atom. The highest BCUT2D eigenvalue weighted by atomic mass is 35.5. The molecule has 0 amide bonds. The molecule has 0 saturated heterocycles. The number of methoxy groups -OCH3 is 1. The number of ether oxygens (including phenoxy) is 1. The summed E-state index contributed by atoms with van der Waals surface area (Å²) in [5.74, 6) is 1.28. The molecule has 0 radical (unpaired) electrons. The van der Waals surface area contributed by atoms with Crippen molar-refractivity contribution in [3.05, 3.63) is 29.3 Å². The predicted octanol–water partition coefficient (Wildman–Crippen LogP) is 3.02. The first-order valence-corrected chi connectivity index (χ1v) is 7.04. The molecule has 0 bridgehead atoms. The van der Waals surface area contributed by atoms with E-state index < -0.39 is 0 Å². The first-order valence-electron chi connectivity index (χ1n) is 6.60. The summed E-state index contributed by atoms with van der Waals surface area (Å²) in [6, 6.07) is 6.17. The fraction of sp³-hybridized carbons (Fsp3) is 0.600. The second-order valence-electron chi connectivity index (χ2n) is 5.11. The van der Waals surface area contributed by atoms with E-state index in [1.165, 1.54) is 5.56 Å². The van der Waals surface area contributed by atoms with Gasteiger partial charge >= 0.3 is 0 Å². The smallest absolute Gasteiger partial charge is 0.123 e. The van der Waals surface area contributed by atoms with Gasteiger partial charge in [-0.05, 0) is 24.6 Å². The van der Waals surface area contributed by atoms with Crippen molar-refractivity contribution in [2.75, 3.05) is 33.9 Å². The second-order valence-corrected chi connectivity index (χ2v) is 5.64. The van der Waals surface area contributed by atoms with Crippen LogP contribution in [0.1, 0.15) is 36.3 Å². The third-order valence-corrected chi connectivity index (χ3v) is 3.58. The molecule has 3 nitrogen and oxygen atoms in total. The average molecular weight is 286 g/mol. The number of aliphatic hydroxyl groups excluding tert-OH is 1. The largest absolute Gasteiger partial charge is 0.496 e. The van der Waals surface area contributed by atoms with Crippen LogP contribution in [0, 0.1) is 0 Å². The summed E-state index contributed by atoms with van der Waals surface area (Å²) < 4.78 is 5.39. The number of hydrogen-bond donors (Lipinski definition) is 1. The summed E-state index contributed by atoms with van der Waals surface area (Å²) in [6.07, 6.45) is 0. The van der Waals surface area contributed by atoms with Gasteiger partial charge in [-0.3, -0.25) is 0 Å². The lowest BCUT2D eigenvalue weighted by molar-refractivity contribution is 0.221. The van der Waals surface area contributed by atoms with E-state index in [1.54, 1.807) is 7.11 Å². The van der Waals surface area contributed by atoms with Gasteiger partial charge in [0.25, 0.3) is 0 Å². The minimum Gasteiger partial charge on any atom is -0.496 e. The molecule has 19 heavy (non-hydrogen) atoms. The Morgan fingerprint density at radius 3 is 2.58 bits per heavy atom. The molecule has 1 unspecified atom stereocenters. The highest BCUT2D eigenvalue weighted by Crippen LogP contribution is 2.32. The standard InChI is InChI=1S/C15H24ClNO2/c1-11(2)12-5-6-15(19-4)13(9-12)14(16)10-17(3)7-8-18/h5-6,9,11,14,18H,7-8,10H2,1-4H3. The molecule has 1 aromatic rings. The second kappa shape index (κ2) is 7.73. The van der Waals surface area contributed by atoms with E-state index in [0.717, 1.165) is 11.3 Å². The summed E-state index contributed by atoms with van der Waals surface area (Å²) in [7, 11) is 3.61. The maximum absolute atomic E-state index is 8.93. The average Bonchev–Trinajstić information content (AvgIpc) is 2.37. The SMILES string of the molecule is COc1ccc(C(C)C)cc1C(Cl)CN(C)CCO. The van der Waals surface area contributed by atoms with Crippen LogP contribution >= 0.6 is 11.6 Å². The predicted molar refractivity (Wildman–Crippen MR) is 80.3 cm³/mol. The van der Waals surface area contributed by atoms with Crippen LogP contribution in [-0.4, -0.2) is 43.9 Å². The summed E-state index contributed by atoms with van der Waals surface area (Å²) in [5.41, 5.74) is 2.27. The Bertz CT molecular complexity index is 396. The van der Waals surface area contributed by atoms with Gasteiger partial charge in [0.1, 0.15) is 5.75 Å². The molecule has 0 aliphatic carbocycles. The van der Waals surface area contributed by atoms with Crippen molar-refractivity contribution in [1.82, 2.24) is 4.90 Å². The topological polar surface area (TPSA) is 32.7 Å². The van der Waals surface area contributed by atoms with Crippen LogP contribution in [0.25, 0.3) is 0 Å². The molecule has 0 aliphatic heterocycles. The molecular weight excluding hydrogens is 262 g/mol. The zero-order valence-corrected chi connectivity index (χ0v) is 12.9. The van der Waals surface area contributed by atoms with E-state index in [0.29, 0.717) is 19.0 Å². The number of aliphatic hydroxyl groups is 1. The minimum atomic E-state index is -0.148. The van der Waals surface area contributed by atoms with E-state index >= 15 is 0 Å². The van der Waals surface area contributed by atoms with Crippen molar-refractivity contribution in [3.8, 4) is 5.75 Å². The van der Waals surface area contributed by atoms with Crippen LogP contribution in [0.4, 0.5) is 0 Å². The first-order chi connectivity index (χ1) is 8.99. The molecule has 0 heterocycles. The summed E-state index contributed by atoms with van der Waals surface area (Å²) in [6.45, 7) is 5.76. The number of hydrogen-bond acceptors (Lipinski definition) is 3. The zero-order valence-electron chi connectivity index (χ0n) is 12.2. The van der Waals surface area contributed by atoms with Crippen LogP contribution in [0.3, 0.4) is 0 Å². The molecule has 1 aromatic carbocycles. The number of benzene rings is 1. The molecule has 1 rings (SSSR count). The summed E-state index contributed by atoms with van der Waals surface area (Å²) >= 11 is 6.49.